The molecule has 0 unspecified atom stereocenters. The Labute approximate surface area is 192 Å². The Morgan fingerprint density at radius 3 is 2.35 bits per heavy atom. The number of piperazine rings is 1. The van der Waals surface area contributed by atoms with Gasteiger partial charge in [-0.05, 0) is 37.4 Å². The van der Waals surface area contributed by atoms with Crippen molar-refractivity contribution in [1.82, 2.24) is 10.2 Å². The maximum atomic E-state index is 13.5. The van der Waals surface area contributed by atoms with E-state index in [1.807, 2.05) is 19.2 Å². The Hall–Kier alpha value is -2.95. The fourth-order valence-electron chi connectivity index (χ4n) is 4.24. The zero-order valence-corrected chi connectivity index (χ0v) is 18.3. The second-order valence-corrected chi connectivity index (χ2v) is 8.49. The van der Waals surface area contributed by atoms with E-state index in [0.29, 0.717) is 24.3 Å². The summed E-state index contributed by atoms with van der Waals surface area (Å²) in [6.07, 6.45) is -9.76. The highest BCUT2D eigenvalue weighted by Gasteiger charge is 2.40. The van der Waals surface area contributed by atoms with E-state index in [2.05, 4.69) is 15.1 Å². The standard InChI is InChI=1S/C23H23F6N3O2/c1-31-7-9-32(10-8-31)19-3-2-4-20-17(19)12-15(13-34-20)30-21(33)16-6-5-14(22(24,25)26)11-18(16)23(27,28)29/h2-6,11,15H,7-10,12-13H2,1H3,(H,30,33)/t15-/m0/s1. The van der Waals surface area contributed by atoms with Gasteiger partial charge in [0.25, 0.3) is 5.91 Å². The van der Waals surface area contributed by atoms with Gasteiger partial charge in [0.05, 0.1) is 22.7 Å². The van der Waals surface area contributed by atoms with Crippen molar-refractivity contribution in [2.75, 3.05) is 44.7 Å². The number of halogens is 6. The van der Waals surface area contributed by atoms with Gasteiger partial charge in [-0.3, -0.25) is 4.79 Å². The van der Waals surface area contributed by atoms with Crippen molar-refractivity contribution < 1.29 is 35.9 Å². The third kappa shape index (κ3) is 5.08. The monoisotopic (exact) mass is 487 g/mol. The molecule has 0 spiro atoms. The van der Waals surface area contributed by atoms with Crippen LogP contribution in [-0.2, 0) is 18.8 Å². The molecule has 0 saturated carbocycles. The number of nitrogens with one attached hydrogen (secondary N) is 1. The molecule has 5 nitrogen and oxygen atoms in total. The summed E-state index contributed by atoms with van der Waals surface area (Å²) >= 11 is 0. The molecule has 0 radical (unpaired) electrons. The van der Waals surface area contributed by atoms with Gasteiger partial charge in [-0.2, -0.15) is 26.3 Å². The molecule has 0 bridgehead atoms. The van der Waals surface area contributed by atoms with Crippen LogP contribution in [0.4, 0.5) is 32.0 Å². The Morgan fingerprint density at radius 1 is 1.00 bits per heavy atom. The highest BCUT2D eigenvalue weighted by Crippen LogP contribution is 2.38. The predicted molar refractivity (Wildman–Crippen MR) is 113 cm³/mol. The van der Waals surface area contributed by atoms with E-state index in [-0.39, 0.29) is 12.7 Å². The zero-order valence-electron chi connectivity index (χ0n) is 18.3. The van der Waals surface area contributed by atoms with Crippen LogP contribution in [0.15, 0.2) is 36.4 Å². The molecule has 34 heavy (non-hydrogen) atoms. The number of benzene rings is 2. The van der Waals surface area contributed by atoms with Gasteiger partial charge >= 0.3 is 12.4 Å². The lowest BCUT2D eigenvalue weighted by molar-refractivity contribution is -0.143. The molecule has 0 aromatic heterocycles. The number of fused-ring (bicyclic) bond motifs is 1. The second kappa shape index (κ2) is 9.01. The largest absolute Gasteiger partial charge is 0.491 e. The highest BCUT2D eigenvalue weighted by atomic mass is 19.4. The van der Waals surface area contributed by atoms with Gasteiger partial charge in [-0.25, -0.2) is 0 Å². The third-order valence-electron chi connectivity index (χ3n) is 6.07. The number of hydrogen-bond acceptors (Lipinski definition) is 4. The van der Waals surface area contributed by atoms with E-state index in [9.17, 15) is 31.1 Å². The summed E-state index contributed by atoms with van der Waals surface area (Å²) in [5, 5.41) is 2.51. The van der Waals surface area contributed by atoms with E-state index >= 15 is 0 Å². The van der Waals surface area contributed by atoms with Crippen molar-refractivity contribution in [3.05, 3.63) is 58.7 Å². The molecular formula is C23H23F6N3O2. The lowest BCUT2D eigenvalue weighted by atomic mass is 9.98. The summed E-state index contributed by atoms with van der Waals surface area (Å²) in [5.74, 6) is -0.456. The van der Waals surface area contributed by atoms with E-state index in [4.69, 9.17) is 4.74 Å². The van der Waals surface area contributed by atoms with Crippen molar-refractivity contribution in [3.8, 4) is 5.75 Å². The van der Waals surface area contributed by atoms with Crippen molar-refractivity contribution >= 4 is 11.6 Å². The van der Waals surface area contributed by atoms with E-state index in [1.54, 1.807) is 6.07 Å². The molecule has 0 aliphatic carbocycles. The second-order valence-electron chi connectivity index (χ2n) is 8.49. The Morgan fingerprint density at radius 2 is 1.71 bits per heavy atom. The van der Waals surface area contributed by atoms with Crippen LogP contribution in [0.5, 0.6) is 5.75 Å². The minimum Gasteiger partial charge on any atom is -0.491 e. The van der Waals surface area contributed by atoms with Crippen LogP contribution in [-0.4, -0.2) is 56.7 Å². The van der Waals surface area contributed by atoms with Crippen molar-refractivity contribution in [1.29, 1.82) is 0 Å². The quantitative estimate of drug-likeness (QED) is 0.659. The SMILES string of the molecule is CN1CCN(c2cccc3c2C[C@H](NC(=O)c2ccc(C(F)(F)F)cc2C(F)(F)F)CO3)CC1. The molecule has 184 valence electrons. The molecular weight excluding hydrogens is 464 g/mol. The first kappa shape index (κ1) is 24.2. The van der Waals surface area contributed by atoms with Crippen LogP contribution in [0.2, 0.25) is 0 Å². The molecule has 1 saturated heterocycles. The van der Waals surface area contributed by atoms with Gasteiger partial charge in [0.2, 0.25) is 0 Å². The molecule has 2 aromatic carbocycles. The van der Waals surface area contributed by atoms with E-state index in [0.717, 1.165) is 37.4 Å². The summed E-state index contributed by atoms with van der Waals surface area (Å²) in [4.78, 5) is 17.1. The Kier molecular flexibility index (Phi) is 6.41. The maximum absolute atomic E-state index is 13.5. The maximum Gasteiger partial charge on any atom is 0.417 e. The molecule has 2 aliphatic heterocycles. The normalized spacial score (nSPS) is 19.4. The molecule has 2 heterocycles. The van der Waals surface area contributed by atoms with Crippen molar-refractivity contribution in [2.45, 2.75) is 24.8 Å². The fraction of sp³-hybridized carbons (Fsp3) is 0.435. The van der Waals surface area contributed by atoms with Crippen LogP contribution >= 0.6 is 0 Å². The topological polar surface area (TPSA) is 44.8 Å². The Balaban J connectivity index is 1.55. The number of carbonyl (C=O) groups excluding carboxylic acids is 1. The Bertz CT molecular complexity index is 1060. The van der Waals surface area contributed by atoms with E-state index < -0.39 is 41.0 Å². The van der Waals surface area contributed by atoms with Crippen molar-refractivity contribution in [2.24, 2.45) is 0 Å². The molecule has 4 rings (SSSR count). The first-order valence-corrected chi connectivity index (χ1v) is 10.7. The minimum absolute atomic E-state index is 0.0346. The van der Waals surface area contributed by atoms with Crippen LogP contribution in [0.3, 0.4) is 0 Å². The number of rotatable bonds is 3. The van der Waals surface area contributed by atoms with Gasteiger partial charge in [-0.1, -0.05) is 6.07 Å². The third-order valence-corrected chi connectivity index (χ3v) is 6.07. The van der Waals surface area contributed by atoms with E-state index in [1.165, 1.54) is 0 Å². The molecule has 1 atom stereocenters. The zero-order chi connectivity index (χ0) is 24.7. The first-order chi connectivity index (χ1) is 15.9. The lowest BCUT2D eigenvalue weighted by Gasteiger charge is -2.37. The first-order valence-electron chi connectivity index (χ1n) is 10.7. The van der Waals surface area contributed by atoms with Crippen LogP contribution in [0.1, 0.15) is 27.0 Å². The average molecular weight is 487 g/mol. The molecule has 2 aromatic rings. The number of amides is 1. The fourth-order valence-corrected chi connectivity index (χ4v) is 4.24. The average Bonchev–Trinajstić information content (AvgIpc) is 2.77. The van der Waals surface area contributed by atoms with Crippen LogP contribution in [0.25, 0.3) is 0 Å². The summed E-state index contributed by atoms with van der Waals surface area (Å²) in [5.41, 5.74) is -2.18. The van der Waals surface area contributed by atoms with Gasteiger partial charge in [0.1, 0.15) is 12.4 Å². The van der Waals surface area contributed by atoms with Gasteiger partial charge in [-0.15, -0.1) is 0 Å². The lowest BCUT2D eigenvalue weighted by Crippen LogP contribution is -2.46. The van der Waals surface area contributed by atoms with Gasteiger partial charge in [0, 0.05) is 43.9 Å². The number of nitrogens with zero attached hydrogens (tertiary/aromatic N) is 2. The number of alkyl halides is 6. The van der Waals surface area contributed by atoms with Crippen LogP contribution in [0, 0.1) is 0 Å². The molecule has 2 aliphatic rings. The summed E-state index contributed by atoms with van der Waals surface area (Å²) in [6, 6.07) is 5.96. The molecule has 11 heteroatoms. The van der Waals surface area contributed by atoms with Gasteiger partial charge < -0.3 is 19.9 Å². The van der Waals surface area contributed by atoms with Crippen molar-refractivity contribution in [3.63, 3.8) is 0 Å². The molecule has 1 amide bonds. The highest BCUT2D eigenvalue weighted by molar-refractivity contribution is 5.96. The summed E-state index contributed by atoms with van der Waals surface area (Å²) in [6.45, 7) is 3.37. The predicted octanol–water partition coefficient (Wildman–Crippen LogP) is 4.21. The minimum atomic E-state index is -5.13. The van der Waals surface area contributed by atoms with Crippen LogP contribution < -0.4 is 15.0 Å². The number of likely N-dealkylation sites (N-methyl/N-ethyl adjacent to an activating group) is 1. The summed E-state index contributed by atoms with van der Waals surface area (Å²) in [7, 11) is 2.03. The smallest absolute Gasteiger partial charge is 0.417 e. The number of carbonyl (C=O) groups is 1. The number of ether oxygens (including phenoxy) is 1. The number of hydrogen-bond donors (Lipinski definition) is 1. The summed E-state index contributed by atoms with van der Waals surface area (Å²) < 4.78 is 84.9. The number of anilines is 1. The van der Waals surface area contributed by atoms with Gasteiger partial charge in [0.15, 0.2) is 0 Å². The molecule has 1 fully saturated rings. The molecule has 1 N–H and O–H groups in total.